The Labute approximate surface area is 179 Å². The molecule has 2 aliphatic rings. The van der Waals surface area contributed by atoms with E-state index in [-0.39, 0.29) is 17.9 Å². The van der Waals surface area contributed by atoms with Crippen molar-refractivity contribution in [1.82, 2.24) is 19.8 Å². The van der Waals surface area contributed by atoms with Crippen molar-refractivity contribution in [2.75, 3.05) is 6.54 Å². The van der Waals surface area contributed by atoms with Crippen LogP contribution in [0.5, 0.6) is 0 Å². The maximum absolute atomic E-state index is 13.6. The van der Waals surface area contributed by atoms with Crippen molar-refractivity contribution < 1.29 is 9.59 Å². The van der Waals surface area contributed by atoms with E-state index in [1.165, 1.54) is 12.8 Å². The summed E-state index contributed by atoms with van der Waals surface area (Å²) < 4.78 is 1.94. The third-order valence-corrected chi connectivity index (χ3v) is 6.76. The summed E-state index contributed by atoms with van der Waals surface area (Å²) in [6.07, 6.45) is 7.72. The third-order valence-electron chi connectivity index (χ3n) is 6.76. The molecule has 0 radical (unpaired) electrons. The molecule has 4 rings (SSSR count). The van der Waals surface area contributed by atoms with Gasteiger partial charge in [0.15, 0.2) is 5.82 Å². The fraction of sp³-hybridized carbons (Fsp3) is 0.625. The van der Waals surface area contributed by atoms with E-state index < -0.39 is 5.54 Å². The molecule has 1 aliphatic carbocycles. The van der Waals surface area contributed by atoms with Crippen molar-refractivity contribution in [1.29, 1.82) is 0 Å². The number of amides is 2. The standard InChI is InChI=1S/C24H34N4O2/c1-17(2)14-15-28-22(29)21-26-19-12-8-9-13-20(19)27(21)16-24(28,3)23(30)25-18-10-6-4-5-7-11-18/h8-9,12-13,17-18H,4-7,10-11,14-16H2,1-3H3,(H,25,30). The minimum Gasteiger partial charge on any atom is -0.351 e. The second kappa shape index (κ2) is 8.40. The molecule has 1 unspecified atom stereocenters. The molecule has 1 fully saturated rings. The number of hydrogen-bond donors (Lipinski definition) is 1. The Kier molecular flexibility index (Phi) is 5.85. The van der Waals surface area contributed by atoms with Gasteiger partial charge < -0.3 is 14.8 Å². The maximum atomic E-state index is 13.6. The summed E-state index contributed by atoms with van der Waals surface area (Å²) >= 11 is 0. The van der Waals surface area contributed by atoms with Gasteiger partial charge >= 0.3 is 0 Å². The smallest absolute Gasteiger partial charge is 0.290 e. The van der Waals surface area contributed by atoms with E-state index in [0.717, 1.165) is 43.1 Å². The molecule has 6 heteroatoms. The summed E-state index contributed by atoms with van der Waals surface area (Å²) in [5.41, 5.74) is 0.797. The molecule has 2 aromatic rings. The lowest BCUT2D eigenvalue weighted by Crippen LogP contribution is -2.65. The van der Waals surface area contributed by atoms with E-state index in [0.29, 0.717) is 24.8 Å². The van der Waals surface area contributed by atoms with Gasteiger partial charge in [-0.05, 0) is 44.2 Å². The number of benzene rings is 1. The number of para-hydroxylation sites is 2. The Morgan fingerprint density at radius 1 is 1.20 bits per heavy atom. The third kappa shape index (κ3) is 3.84. The van der Waals surface area contributed by atoms with Crippen LogP contribution in [-0.4, -0.2) is 44.4 Å². The van der Waals surface area contributed by atoms with Crippen LogP contribution in [0.2, 0.25) is 0 Å². The summed E-state index contributed by atoms with van der Waals surface area (Å²) in [5.74, 6) is 0.721. The SMILES string of the molecule is CC(C)CCN1C(=O)c2nc3ccccc3n2CC1(C)C(=O)NC1CCCCCC1. The van der Waals surface area contributed by atoms with Gasteiger partial charge in [-0.1, -0.05) is 51.7 Å². The van der Waals surface area contributed by atoms with E-state index in [2.05, 4.69) is 24.1 Å². The molecular weight excluding hydrogens is 376 g/mol. The summed E-state index contributed by atoms with van der Waals surface area (Å²) in [6, 6.07) is 8.00. The normalized spacial score (nSPS) is 22.9. The van der Waals surface area contributed by atoms with Crippen molar-refractivity contribution in [3.05, 3.63) is 30.1 Å². The van der Waals surface area contributed by atoms with E-state index in [1.807, 2.05) is 35.8 Å². The van der Waals surface area contributed by atoms with Gasteiger partial charge in [0, 0.05) is 12.6 Å². The highest BCUT2D eigenvalue weighted by molar-refractivity contribution is 6.01. The average molecular weight is 411 g/mol. The van der Waals surface area contributed by atoms with Gasteiger partial charge in [-0.2, -0.15) is 0 Å². The van der Waals surface area contributed by atoms with Crippen molar-refractivity contribution in [2.24, 2.45) is 5.92 Å². The van der Waals surface area contributed by atoms with Gasteiger partial charge in [0.2, 0.25) is 5.91 Å². The first kappa shape index (κ1) is 20.9. The second-order valence-electron chi connectivity index (χ2n) is 9.59. The Bertz CT molecular complexity index is 926. The van der Waals surface area contributed by atoms with E-state index in [1.54, 1.807) is 4.90 Å². The van der Waals surface area contributed by atoms with Crippen molar-refractivity contribution in [3.63, 3.8) is 0 Å². The quantitative estimate of drug-likeness (QED) is 0.754. The molecular formula is C24H34N4O2. The largest absolute Gasteiger partial charge is 0.351 e. The lowest BCUT2D eigenvalue weighted by atomic mass is 9.93. The number of carbonyl (C=O) groups excluding carboxylic acids is 2. The number of nitrogens with one attached hydrogen (secondary N) is 1. The molecule has 2 amide bonds. The maximum Gasteiger partial charge on any atom is 0.290 e. The molecule has 30 heavy (non-hydrogen) atoms. The monoisotopic (exact) mass is 410 g/mol. The van der Waals surface area contributed by atoms with Crippen LogP contribution in [0.4, 0.5) is 0 Å². The second-order valence-corrected chi connectivity index (χ2v) is 9.59. The zero-order valence-electron chi connectivity index (χ0n) is 18.5. The first-order valence-corrected chi connectivity index (χ1v) is 11.5. The molecule has 0 bridgehead atoms. The average Bonchev–Trinajstić information content (AvgIpc) is 2.88. The zero-order valence-corrected chi connectivity index (χ0v) is 18.5. The highest BCUT2D eigenvalue weighted by Gasteiger charge is 2.48. The van der Waals surface area contributed by atoms with Crippen LogP contribution in [-0.2, 0) is 11.3 Å². The van der Waals surface area contributed by atoms with Crippen molar-refractivity contribution in [2.45, 2.75) is 83.8 Å². The Balaban J connectivity index is 1.68. The number of aromatic nitrogens is 2. The van der Waals surface area contributed by atoms with Gasteiger partial charge in [-0.15, -0.1) is 0 Å². The first-order chi connectivity index (χ1) is 14.4. The number of rotatable bonds is 5. The summed E-state index contributed by atoms with van der Waals surface area (Å²) in [6.45, 7) is 7.22. The zero-order chi connectivity index (χ0) is 21.3. The van der Waals surface area contributed by atoms with Crippen LogP contribution in [0.25, 0.3) is 11.0 Å². The highest BCUT2D eigenvalue weighted by atomic mass is 16.2. The lowest BCUT2D eigenvalue weighted by molar-refractivity contribution is -0.133. The van der Waals surface area contributed by atoms with E-state index >= 15 is 0 Å². The van der Waals surface area contributed by atoms with Gasteiger partial charge in [0.25, 0.3) is 5.91 Å². The summed E-state index contributed by atoms with van der Waals surface area (Å²) in [4.78, 5) is 33.5. The highest BCUT2D eigenvalue weighted by Crippen LogP contribution is 2.31. The minimum atomic E-state index is -0.922. The van der Waals surface area contributed by atoms with Crippen molar-refractivity contribution >= 4 is 22.8 Å². The van der Waals surface area contributed by atoms with Gasteiger partial charge in [0.1, 0.15) is 5.54 Å². The topological polar surface area (TPSA) is 67.2 Å². The number of carbonyl (C=O) groups is 2. The summed E-state index contributed by atoms with van der Waals surface area (Å²) in [5, 5.41) is 3.31. The molecule has 2 heterocycles. The Hall–Kier alpha value is -2.37. The molecule has 1 aromatic carbocycles. The van der Waals surface area contributed by atoms with Crippen LogP contribution in [0, 0.1) is 5.92 Å². The van der Waals surface area contributed by atoms with Gasteiger partial charge in [-0.3, -0.25) is 9.59 Å². The summed E-state index contributed by atoms with van der Waals surface area (Å²) in [7, 11) is 0. The fourth-order valence-electron chi connectivity index (χ4n) is 4.83. The molecule has 6 nitrogen and oxygen atoms in total. The van der Waals surface area contributed by atoms with Gasteiger partial charge in [-0.25, -0.2) is 4.98 Å². The number of imidazole rings is 1. The predicted octanol–water partition coefficient (Wildman–Crippen LogP) is 4.14. The fourth-order valence-corrected chi connectivity index (χ4v) is 4.83. The lowest BCUT2D eigenvalue weighted by Gasteiger charge is -2.44. The van der Waals surface area contributed by atoms with E-state index in [9.17, 15) is 9.59 Å². The van der Waals surface area contributed by atoms with Crippen LogP contribution in [0.3, 0.4) is 0 Å². The molecule has 0 saturated heterocycles. The molecule has 162 valence electrons. The van der Waals surface area contributed by atoms with Crippen LogP contribution < -0.4 is 5.32 Å². The van der Waals surface area contributed by atoms with Crippen LogP contribution in [0.15, 0.2) is 24.3 Å². The molecule has 1 aliphatic heterocycles. The number of fused-ring (bicyclic) bond motifs is 3. The predicted molar refractivity (Wildman–Crippen MR) is 118 cm³/mol. The number of nitrogens with zero attached hydrogens (tertiary/aromatic N) is 3. The first-order valence-electron chi connectivity index (χ1n) is 11.5. The Morgan fingerprint density at radius 3 is 2.60 bits per heavy atom. The van der Waals surface area contributed by atoms with Crippen molar-refractivity contribution in [3.8, 4) is 0 Å². The molecule has 1 atom stereocenters. The number of hydrogen-bond acceptors (Lipinski definition) is 3. The molecule has 0 spiro atoms. The molecule has 1 aromatic heterocycles. The van der Waals surface area contributed by atoms with Gasteiger partial charge in [0.05, 0.1) is 17.6 Å². The Morgan fingerprint density at radius 2 is 1.90 bits per heavy atom. The minimum absolute atomic E-state index is 0.0325. The van der Waals surface area contributed by atoms with Crippen LogP contribution >= 0.6 is 0 Å². The molecule has 1 saturated carbocycles. The van der Waals surface area contributed by atoms with Crippen LogP contribution in [0.1, 0.15) is 76.3 Å². The molecule has 1 N–H and O–H groups in total. The van der Waals surface area contributed by atoms with E-state index in [4.69, 9.17) is 0 Å².